The van der Waals surface area contributed by atoms with Crippen molar-refractivity contribution in [3.63, 3.8) is 0 Å². The molecule has 2 heterocycles. The van der Waals surface area contributed by atoms with Gasteiger partial charge in [0.25, 0.3) is 0 Å². The third-order valence-electron chi connectivity index (χ3n) is 3.94. The van der Waals surface area contributed by atoms with Crippen molar-refractivity contribution >= 4 is 52.1 Å². The molecule has 1 aliphatic heterocycles. The summed E-state index contributed by atoms with van der Waals surface area (Å²) in [4.78, 5) is 13.9. The van der Waals surface area contributed by atoms with E-state index in [0.717, 1.165) is 28.7 Å². The van der Waals surface area contributed by atoms with E-state index in [1.807, 2.05) is 22.9 Å². The number of hydrogen-bond donors (Lipinski definition) is 1. The average Bonchev–Trinajstić information content (AvgIpc) is 2.95. The monoisotopic (exact) mass is 396 g/mol. The SMILES string of the molecule is COC(=O)[C@H]1CN(Cn2nc(Nc3ccccc3C)sc2=S)CCS1. The van der Waals surface area contributed by atoms with Crippen molar-refractivity contribution in [2.75, 3.05) is 31.3 Å². The zero-order valence-corrected chi connectivity index (χ0v) is 16.5. The van der Waals surface area contributed by atoms with Crippen molar-refractivity contribution in [1.29, 1.82) is 0 Å². The molecule has 9 heteroatoms. The molecule has 1 fully saturated rings. The molecule has 0 spiro atoms. The van der Waals surface area contributed by atoms with Gasteiger partial charge in [-0.05, 0) is 30.8 Å². The number of carbonyl (C=O) groups excluding carboxylic acids is 1. The summed E-state index contributed by atoms with van der Waals surface area (Å²) in [5, 5.41) is 8.55. The van der Waals surface area contributed by atoms with E-state index in [4.69, 9.17) is 17.0 Å². The van der Waals surface area contributed by atoms with Crippen LogP contribution in [0.25, 0.3) is 0 Å². The van der Waals surface area contributed by atoms with Crippen LogP contribution in [0.2, 0.25) is 0 Å². The Kier molecular flexibility index (Phi) is 6.10. The van der Waals surface area contributed by atoms with Crippen LogP contribution in [-0.4, -0.2) is 51.9 Å². The lowest BCUT2D eigenvalue weighted by Crippen LogP contribution is -2.42. The van der Waals surface area contributed by atoms with Crippen LogP contribution in [0.15, 0.2) is 24.3 Å². The molecule has 1 aromatic heterocycles. The van der Waals surface area contributed by atoms with Crippen molar-refractivity contribution in [2.45, 2.75) is 18.8 Å². The molecule has 0 bridgehead atoms. The van der Waals surface area contributed by atoms with Gasteiger partial charge in [-0.2, -0.15) is 0 Å². The Bertz CT molecular complexity index is 805. The van der Waals surface area contributed by atoms with E-state index >= 15 is 0 Å². The summed E-state index contributed by atoms with van der Waals surface area (Å²) in [6, 6.07) is 8.07. The van der Waals surface area contributed by atoms with Gasteiger partial charge in [0.15, 0.2) is 3.95 Å². The van der Waals surface area contributed by atoms with Gasteiger partial charge < -0.3 is 10.1 Å². The largest absolute Gasteiger partial charge is 0.468 e. The number of ether oxygens (including phenoxy) is 1. The molecule has 1 aliphatic rings. The van der Waals surface area contributed by atoms with Gasteiger partial charge in [0.1, 0.15) is 5.25 Å². The molecule has 134 valence electrons. The van der Waals surface area contributed by atoms with Crippen LogP contribution >= 0.6 is 35.3 Å². The van der Waals surface area contributed by atoms with E-state index in [1.54, 1.807) is 11.8 Å². The van der Waals surface area contributed by atoms with Gasteiger partial charge in [-0.15, -0.1) is 16.9 Å². The third kappa shape index (κ3) is 4.60. The highest BCUT2D eigenvalue weighted by molar-refractivity contribution is 8.00. The Morgan fingerprint density at radius 3 is 3.04 bits per heavy atom. The molecular weight excluding hydrogens is 376 g/mol. The predicted octanol–water partition coefficient (Wildman–Crippen LogP) is 3.27. The van der Waals surface area contributed by atoms with E-state index in [9.17, 15) is 4.79 Å². The highest BCUT2D eigenvalue weighted by Gasteiger charge is 2.27. The zero-order chi connectivity index (χ0) is 17.8. The summed E-state index contributed by atoms with van der Waals surface area (Å²) < 4.78 is 7.38. The fourth-order valence-corrected chi connectivity index (χ4v) is 4.77. The average molecular weight is 397 g/mol. The maximum atomic E-state index is 11.8. The summed E-state index contributed by atoms with van der Waals surface area (Å²) in [5.41, 5.74) is 2.18. The molecule has 0 radical (unpaired) electrons. The fourth-order valence-electron chi connectivity index (χ4n) is 2.57. The van der Waals surface area contributed by atoms with Gasteiger partial charge in [-0.25, -0.2) is 4.68 Å². The van der Waals surface area contributed by atoms with Crippen molar-refractivity contribution < 1.29 is 9.53 Å². The first-order valence-corrected chi connectivity index (χ1v) is 10.2. The molecule has 25 heavy (non-hydrogen) atoms. The smallest absolute Gasteiger partial charge is 0.320 e. The molecule has 2 aromatic rings. The number of esters is 1. The number of aromatic nitrogens is 2. The Morgan fingerprint density at radius 1 is 1.48 bits per heavy atom. The van der Waals surface area contributed by atoms with Crippen LogP contribution in [0.4, 0.5) is 10.8 Å². The summed E-state index contributed by atoms with van der Waals surface area (Å²) in [7, 11) is 1.43. The van der Waals surface area contributed by atoms with Crippen molar-refractivity contribution in [1.82, 2.24) is 14.7 Å². The highest BCUT2D eigenvalue weighted by Crippen LogP contribution is 2.24. The van der Waals surface area contributed by atoms with E-state index in [2.05, 4.69) is 28.3 Å². The first-order valence-electron chi connectivity index (χ1n) is 7.89. The molecule has 6 nitrogen and oxygen atoms in total. The molecule has 0 amide bonds. The van der Waals surface area contributed by atoms with Crippen LogP contribution < -0.4 is 5.32 Å². The predicted molar refractivity (Wildman–Crippen MR) is 105 cm³/mol. The normalized spacial score (nSPS) is 18.1. The standard InChI is InChI=1S/C16H20N4O2S3/c1-11-5-3-4-6-12(11)17-15-18-20(16(23)25-15)10-19-7-8-24-13(9-19)14(21)22-2/h3-6,13H,7-10H2,1-2H3,(H,17,18)/t13-/m1/s1. The number of rotatable bonds is 5. The number of para-hydroxylation sites is 1. The van der Waals surface area contributed by atoms with E-state index < -0.39 is 0 Å². The minimum absolute atomic E-state index is 0.142. The second-order valence-corrected chi connectivity index (χ2v) is 8.65. The van der Waals surface area contributed by atoms with Crippen molar-refractivity contribution in [3.05, 3.63) is 33.8 Å². The zero-order valence-electron chi connectivity index (χ0n) is 14.1. The molecule has 3 rings (SSSR count). The number of nitrogens with one attached hydrogen (secondary N) is 1. The van der Waals surface area contributed by atoms with Gasteiger partial charge in [0, 0.05) is 24.5 Å². The number of hydrogen-bond acceptors (Lipinski definition) is 8. The lowest BCUT2D eigenvalue weighted by Gasteiger charge is -2.30. The van der Waals surface area contributed by atoms with E-state index in [0.29, 0.717) is 17.2 Å². The fraction of sp³-hybridized carbons (Fsp3) is 0.438. The lowest BCUT2D eigenvalue weighted by atomic mass is 10.2. The Labute approximate surface area is 160 Å². The van der Waals surface area contributed by atoms with Gasteiger partial charge in [0.05, 0.1) is 13.8 Å². The molecule has 0 aliphatic carbocycles. The maximum absolute atomic E-state index is 11.8. The second-order valence-electron chi connectivity index (χ2n) is 5.71. The topological polar surface area (TPSA) is 59.4 Å². The second kappa shape index (κ2) is 8.31. The molecule has 1 atom stereocenters. The number of nitrogens with zero attached hydrogens (tertiary/aromatic N) is 3. The third-order valence-corrected chi connectivity index (χ3v) is 6.33. The minimum Gasteiger partial charge on any atom is -0.468 e. The lowest BCUT2D eigenvalue weighted by molar-refractivity contribution is -0.140. The van der Waals surface area contributed by atoms with Crippen LogP contribution in [0.3, 0.4) is 0 Å². The number of anilines is 2. The summed E-state index contributed by atoms with van der Waals surface area (Å²) in [5.74, 6) is 0.726. The molecule has 0 saturated carbocycles. The molecule has 1 N–H and O–H groups in total. The molecule has 1 aromatic carbocycles. The Balaban J connectivity index is 1.67. The Hall–Kier alpha value is -1.42. The van der Waals surface area contributed by atoms with Crippen LogP contribution in [-0.2, 0) is 16.2 Å². The number of aryl methyl sites for hydroxylation is 1. The molecule has 0 unspecified atom stereocenters. The number of carbonyl (C=O) groups is 1. The highest BCUT2D eigenvalue weighted by atomic mass is 32.2. The van der Waals surface area contributed by atoms with Crippen LogP contribution in [0.1, 0.15) is 5.56 Å². The van der Waals surface area contributed by atoms with Crippen molar-refractivity contribution in [3.8, 4) is 0 Å². The Morgan fingerprint density at radius 2 is 2.28 bits per heavy atom. The van der Waals surface area contributed by atoms with Gasteiger partial charge in [0.2, 0.25) is 5.13 Å². The van der Waals surface area contributed by atoms with Crippen molar-refractivity contribution in [2.24, 2.45) is 0 Å². The number of methoxy groups -OCH3 is 1. The minimum atomic E-state index is -0.168. The van der Waals surface area contributed by atoms with E-state index in [1.165, 1.54) is 18.4 Å². The summed E-state index contributed by atoms with van der Waals surface area (Å²) in [6.07, 6.45) is 0. The first kappa shape index (κ1) is 18.4. The van der Waals surface area contributed by atoms with Gasteiger partial charge >= 0.3 is 5.97 Å². The number of benzene rings is 1. The van der Waals surface area contributed by atoms with Gasteiger partial charge in [-0.3, -0.25) is 9.69 Å². The summed E-state index contributed by atoms with van der Waals surface area (Å²) in [6.45, 7) is 4.19. The van der Waals surface area contributed by atoms with Crippen LogP contribution in [0, 0.1) is 10.9 Å². The van der Waals surface area contributed by atoms with E-state index in [-0.39, 0.29) is 11.2 Å². The van der Waals surface area contributed by atoms with Gasteiger partial charge in [-0.1, -0.05) is 29.5 Å². The molecular formula is C16H20N4O2S3. The van der Waals surface area contributed by atoms with Crippen LogP contribution in [0.5, 0.6) is 0 Å². The quantitative estimate of drug-likeness (QED) is 0.615. The number of thioether (sulfide) groups is 1. The maximum Gasteiger partial charge on any atom is 0.320 e. The summed E-state index contributed by atoms with van der Waals surface area (Å²) >= 11 is 8.54. The molecule has 1 saturated heterocycles. The first-order chi connectivity index (χ1) is 12.1.